The van der Waals surface area contributed by atoms with E-state index in [1.54, 1.807) is 11.3 Å². The number of hydrogen-bond acceptors (Lipinski definition) is 4. The highest BCUT2D eigenvalue weighted by atomic mass is 32.1. The lowest BCUT2D eigenvalue weighted by Gasteiger charge is -2.28. The first kappa shape index (κ1) is 18.9. The molecule has 3 amide bonds. The molecule has 7 heteroatoms. The maximum absolute atomic E-state index is 12.1. The van der Waals surface area contributed by atoms with Crippen molar-refractivity contribution >= 4 is 29.1 Å². The molecule has 2 aliphatic rings. The van der Waals surface area contributed by atoms with Gasteiger partial charge >= 0.3 is 11.8 Å². The second-order valence-corrected chi connectivity index (χ2v) is 8.33. The Labute approximate surface area is 158 Å². The molecule has 0 aliphatic heterocycles. The quantitative estimate of drug-likeness (QED) is 0.661. The van der Waals surface area contributed by atoms with Gasteiger partial charge in [0.1, 0.15) is 0 Å². The summed E-state index contributed by atoms with van der Waals surface area (Å²) in [6.45, 7) is 0.411. The SMILES string of the molecule is O=C(CNC(=O)C(=O)NC1CCCC1)NCC1(c2cccs2)CCCC1. The van der Waals surface area contributed by atoms with E-state index in [-0.39, 0.29) is 23.9 Å². The minimum absolute atomic E-state index is 0.0215. The summed E-state index contributed by atoms with van der Waals surface area (Å²) in [5, 5.41) is 10.2. The third-order valence-electron chi connectivity index (χ3n) is 5.53. The Morgan fingerprint density at radius 1 is 1.04 bits per heavy atom. The second kappa shape index (κ2) is 8.66. The number of amides is 3. The number of carbonyl (C=O) groups is 3. The van der Waals surface area contributed by atoms with E-state index in [0.717, 1.165) is 38.5 Å². The summed E-state index contributed by atoms with van der Waals surface area (Å²) >= 11 is 1.73. The Morgan fingerprint density at radius 2 is 1.77 bits per heavy atom. The molecular formula is C19H27N3O3S. The molecule has 2 fully saturated rings. The van der Waals surface area contributed by atoms with E-state index in [1.165, 1.54) is 17.7 Å². The van der Waals surface area contributed by atoms with Gasteiger partial charge < -0.3 is 16.0 Å². The predicted molar refractivity (Wildman–Crippen MR) is 101 cm³/mol. The predicted octanol–water partition coefficient (Wildman–Crippen LogP) is 1.85. The van der Waals surface area contributed by atoms with E-state index in [1.807, 2.05) is 6.07 Å². The maximum Gasteiger partial charge on any atom is 0.309 e. The van der Waals surface area contributed by atoms with Gasteiger partial charge in [-0.1, -0.05) is 31.7 Å². The van der Waals surface area contributed by atoms with Gasteiger partial charge in [0.25, 0.3) is 0 Å². The monoisotopic (exact) mass is 377 g/mol. The summed E-state index contributed by atoms with van der Waals surface area (Å²) in [5.41, 5.74) is 0.0215. The fourth-order valence-electron chi connectivity index (χ4n) is 4.03. The molecule has 0 bridgehead atoms. The molecule has 1 aromatic heterocycles. The van der Waals surface area contributed by atoms with E-state index in [2.05, 4.69) is 27.4 Å². The zero-order valence-corrected chi connectivity index (χ0v) is 15.8. The highest BCUT2D eigenvalue weighted by molar-refractivity contribution is 7.10. The van der Waals surface area contributed by atoms with Crippen LogP contribution in [0, 0.1) is 0 Å². The smallest absolute Gasteiger partial charge is 0.309 e. The molecule has 0 unspecified atom stereocenters. The van der Waals surface area contributed by atoms with Crippen molar-refractivity contribution < 1.29 is 14.4 Å². The number of nitrogens with one attached hydrogen (secondary N) is 3. The third-order valence-corrected chi connectivity index (χ3v) is 6.65. The standard InChI is InChI=1S/C19H27N3O3S/c23-16(12-20-17(24)18(25)22-14-6-1-2-7-14)21-13-19(9-3-4-10-19)15-8-5-11-26-15/h5,8,11,14H,1-4,6-7,9-10,12-13H2,(H,20,24)(H,21,23)(H,22,25). The highest BCUT2D eigenvalue weighted by Crippen LogP contribution is 2.42. The first-order valence-electron chi connectivity index (χ1n) is 9.48. The summed E-state index contributed by atoms with van der Waals surface area (Å²) in [4.78, 5) is 37.1. The summed E-state index contributed by atoms with van der Waals surface area (Å²) in [6, 6.07) is 4.28. The largest absolute Gasteiger partial charge is 0.354 e. The van der Waals surface area contributed by atoms with Crippen molar-refractivity contribution in [2.24, 2.45) is 0 Å². The van der Waals surface area contributed by atoms with Crippen LogP contribution in [0.2, 0.25) is 0 Å². The number of rotatable bonds is 6. The van der Waals surface area contributed by atoms with Gasteiger partial charge in [0.2, 0.25) is 5.91 Å². The van der Waals surface area contributed by atoms with Crippen molar-refractivity contribution in [1.82, 2.24) is 16.0 Å². The van der Waals surface area contributed by atoms with E-state index >= 15 is 0 Å². The van der Waals surface area contributed by atoms with Gasteiger partial charge in [-0.2, -0.15) is 0 Å². The van der Waals surface area contributed by atoms with Gasteiger partial charge in [-0.05, 0) is 37.1 Å². The van der Waals surface area contributed by atoms with Gasteiger partial charge in [-0.15, -0.1) is 11.3 Å². The first-order chi connectivity index (χ1) is 12.6. The fourth-order valence-corrected chi connectivity index (χ4v) is 5.02. The van der Waals surface area contributed by atoms with Crippen molar-refractivity contribution in [2.45, 2.75) is 62.8 Å². The summed E-state index contributed by atoms with van der Waals surface area (Å²) in [7, 11) is 0. The summed E-state index contributed by atoms with van der Waals surface area (Å²) < 4.78 is 0. The van der Waals surface area contributed by atoms with Crippen LogP contribution in [0.25, 0.3) is 0 Å². The molecule has 26 heavy (non-hydrogen) atoms. The van der Waals surface area contributed by atoms with E-state index in [4.69, 9.17) is 0 Å². The normalized spacial score (nSPS) is 19.2. The Kier molecular flexibility index (Phi) is 6.29. The zero-order chi connectivity index (χ0) is 18.4. The molecule has 0 radical (unpaired) electrons. The molecule has 3 rings (SSSR count). The van der Waals surface area contributed by atoms with E-state index in [0.29, 0.717) is 6.54 Å². The van der Waals surface area contributed by atoms with Gasteiger partial charge in [-0.25, -0.2) is 0 Å². The molecule has 3 N–H and O–H groups in total. The van der Waals surface area contributed by atoms with Crippen LogP contribution in [0.1, 0.15) is 56.2 Å². The maximum atomic E-state index is 12.1. The van der Waals surface area contributed by atoms with E-state index < -0.39 is 11.8 Å². The van der Waals surface area contributed by atoms with Crippen LogP contribution >= 0.6 is 11.3 Å². The summed E-state index contributed by atoms with van der Waals surface area (Å²) in [6.07, 6.45) is 8.50. The topological polar surface area (TPSA) is 87.3 Å². The molecule has 1 heterocycles. The molecule has 142 valence electrons. The van der Waals surface area contributed by atoms with Crippen molar-refractivity contribution in [2.75, 3.05) is 13.1 Å². The second-order valence-electron chi connectivity index (χ2n) is 7.38. The minimum atomic E-state index is -0.735. The zero-order valence-electron chi connectivity index (χ0n) is 15.0. The average molecular weight is 378 g/mol. The van der Waals surface area contributed by atoms with Crippen LogP contribution in [-0.4, -0.2) is 36.9 Å². The third kappa shape index (κ3) is 4.63. The molecule has 0 saturated heterocycles. The van der Waals surface area contributed by atoms with E-state index in [9.17, 15) is 14.4 Å². The van der Waals surface area contributed by atoms with Gasteiger partial charge in [0, 0.05) is 22.9 Å². The molecule has 0 spiro atoms. The number of carbonyl (C=O) groups excluding carboxylic acids is 3. The Hall–Kier alpha value is -1.89. The van der Waals surface area contributed by atoms with Gasteiger partial charge in [0.15, 0.2) is 0 Å². The minimum Gasteiger partial charge on any atom is -0.354 e. The van der Waals surface area contributed by atoms with Crippen molar-refractivity contribution in [3.05, 3.63) is 22.4 Å². The Balaban J connectivity index is 1.42. The van der Waals surface area contributed by atoms with Crippen molar-refractivity contribution in [1.29, 1.82) is 0 Å². The van der Waals surface area contributed by atoms with Gasteiger partial charge in [0.05, 0.1) is 6.54 Å². The van der Waals surface area contributed by atoms with Gasteiger partial charge in [-0.3, -0.25) is 14.4 Å². The van der Waals surface area contributed by atoms with Crippen LogP contribution in [-0.2, 0) is 19.8 Å². The van der Waals surface area contributed by atoms with Crippen LogP contribution in [0.5, 0.6) is 0 Å². The van der Waals surface area contributed by atoms with Crippen molar-refractivity contribution in [3.63, 3.8) is 0 Å². The molecule has 2 saturated carbocycles. The lowest BCUT2D eigenvalue weighted by molar-refractivity contribution is -0.140. The number of hydrogen-bond donors (Lipinski definition) is 3. The molecule has 2 aliphatic carbocycles. The van der Waals surface area contributed by atoms with Crippen LogP contribution in [0.15, 0.2) is 17.5 Å². The van der Waals surface area contributed by atoms with Crippen molar-refractivity contribution in [3.8, 4) is 0 Å². The molecule has 6 nitrogen and oxygen atoms in total. The average Bonchev–Trinajstić information content (AvgIpc) is 3.40. The molecule has 1 aromatic rings. The molecular weight excluding hydrogens is 350 g/mol. The lowest BCUT2D eigenvalue weighted by atomic mass is 9.84. The Morgan fingerprint density at radius 3 is 2.42 bits per heavy atom. The summed E-state index contributed by atoms with van der Waals surface area (Å²) in [5.74, 6) is -1.63. The lowest BCUT2D eigenvalue weighted by Crippen LogP contribution is -2.48. The van der Waals surface area contributed by atoms with Crippen LogP contribution in [0.4, 0.5) is 0 Å². The number of thiophene rings is 1. The molecule has 0 aromatic carbocycles. The van der Waals surface area contributed by atoms with Crippen LogP contribution < -0.4 is 16.0 Å². The Bertz CT molecular complexity index is 632. The van der Waals surface area contributed by atoms with Crippen LogP contribution in [0.3, 0.4) is 0 Å². The fraction of sp³-hybridized carbons (Fsp3) is 0.632. The first-order valence-corrected chi connectivity index (χ1v) is 10.4. The molecule has 0 atom stereocenters. The highest BCUT2D eigenvalue weighted by Gasteiger charge is 2.36.